The Hall–Kier alpha value is -0.115. The van der Waals surface area contributed by atoms with Gasteiger partial charge < -0.3 is 0 Å². The van der Waals surface area contributed by atoms with E-state index in [1.807, 2.05) is 0 Å². The second-order valence-corrected chi connectivity index (χ2v) is 0.632. The standard InChI is InChI=1S/CH3BF2O/c1-2(3)5-4/h1H3. The van der Waals surface area contributed by atoms with Gasteiger partial charge in [0.1, 0.15) is 0 Å². The predicted octanol–water partition coefficient (Wildman–Crippen LogP) is 0.975. The molecule has 0 amide bonds. The lowest BCUT2D eigenvalue weighted by Gasteiger charge is -1.76. The van der Waals surface area contributed by atoms with Crippen molar-refractivity contribution in [3.8, 4) is 0 Å². The summed E-state index contributed by atoms with van der Waals surface area (Å²) in [6.07, 6.45) is 0. The van der Waals surface area contributed by atoms with E-state index in [2.05, 4.69) is 4.86 Å². The minimum Gasteiger partial charge on any atom is -0.289 e. The molecule has 1 nitrogen and oxygen atoms in total. The topological polar surface area (TPSA) is 9.23 Å². The highest BCUT2D eigenvalue weighted by atomic mass is 19.3. The van der Waals surface area contributed by atoms with Gasteiger partial charge in [-0.2, -0.15) is 0 Å². The third kappa shape index (κ3) is 3.88. The Morgan fingerprint density at radius 2 is 2.00 bits per heavy atom. The highest BCUT2D eigenvalue weighted by molar-refractivity contribution is 6.41. The third-order valence-corrected chi connectivity index (χ3v) is 0.123. The van der Waals surface area contributed by atoms with Crippen molar-refractivity contribution in [2.45, 2.75) is 6.82 Å². The smallest absolute Gasteiger partial charge is 0.289 e. The molecule has 0 bridgehead atoms. The summed E-state index contributed by atoms with van der Waals surface area (Å²) in [6, 6.07) is 0. The van der Waals surface area contributed by atoms with Gasteiger partial charge in [0, 0.05) is 0 Å². The largest absolute Gasteiger partial charge is 0.533 e. The van der Waals surface area contributed by atoms with Crippen molar-refractivity contribution < 1.29 is 13.7 Å². The van der Waals surface area contributed by atoms with Gasteiger partial charge in [-0.25, -0.2) is 4.86 Å². The molecule has 0 N–H and O–H groups in total. The molecule has 0 aromatic heterocycles. The van der Waals surface area contributed by atoms with E-state index in [-0.39, 0.29) is 0 Å². The highest BCUT2D eigenvalue weighted by Gasteiger charge is 2.02. The Labute approximate surface area is 29.0 Å². The Morgan fingerprint density at radius 1 is 1.80 bits per heavy atom. The molecular weight excluding hydrogens is 76.8 g/mol. The van der Waals surface area contributed by atoms with Gasteiger partial charge in [0.15, 0.2) is 0 Å². The van der Waals surface area contributed by atoms with Crippen LogP contribution in [-0.4, -0.2) is 7.19 Å². The van der Waals surface area contributed by atoms with Crippen LogP contribution in [0.4, 0.5) is 8.84 Å². The van der Waals surface area contributed by atoms with Gasteiger partial charge in [-0.05, 0) is 6.82 Å². The van der Waals surface area contributed by atoms with Crippen LogP contribution in [0.15, 0.2) is 0 Å². The minimum atomic E-state index is -1.78. The quantitative estimate of drug-likeness (QED) is 0.426. The molecule has 0 atom stereocenters. The van der Waals surface area contributed by atoms with Gasteiger partial charge in [0.05, 0.1) is 0 Å². The zero-order chi connectivity index (χ0) is 4.28. The SMILES string of the molecule is CB(F)OF. The molecule has 5 heavy (non-hydrogen) atoms. The van der Waals surface area contributed by atoms with Crippen molar-refractivity contribution in [2.24, 2.45) is 0 Å². The molecule has 0 spiro atoms. The van der Waals surface area contributed by atoms with Crippen LogP contribution >= 0.6 is 0 Å². The van der Waals surface area contributed by atoms with E-state index in [0.29, 0.717) is 0 Å². The van der Waals surface area contributed by atoms with Gasteiger partial charge in [-0.1, -0.05) is 4.53 Å². The van der Waals surface area contributed by atoms with Crippen LogP contribution < -0.4 is 0 Å². The molecule has 0 fully saturated rings. The second kappa shape index (κ2) is 2.14. The van der Waals surface area contributed by atoms with Crippen molar-refractivity contribution in [3.05, 3.63) is 0 Å². The van der Waals surface area contributed by atoms with E-state index in [1.54, 1.807) is 0 Å². The molecule has 0 rings (SSSR count). The molecule has 0 aromatic carbocycles. The number of halogens is 2. The summed E-state index contributed by atoms with van der Waals surface area (Å²) in [4.78, 5) is 2.58. The van der Waals surface area contributed by atoms with E-state index in [1.165, 1.54) is 0 Å². The lowest BCUT2D eigenvalue weighted by molar-refractivity contribution is -0.0212. The first-order valence-corrected chi connectivity index (χ1v) is 1.19. The van der Waals surface area contributed by atoms with Crippen LogP contribution in [0.2, 0.25) is 6.82 Å². The highest BCUT2D eigenvalue weighted by Crippen LogP contribution is 1.82. The fourth-order valence-corrected chi connectivity index (χ4v) is 0. The van der Waals surface area contributed by atoms with E-state index < -0.39 is 7.19 Å². The van der Waals surface area contributed by atoms with Crippen molar-refractivity contribution in [3.63, 3.8) is 0 Å². The van der Waals surface area contributed by atoms with Gasteiger partial charge in [0.2, 0.25) is 0 Å². The van der Waals surface area contributed by atoms with Crippen molar-refractivity contribution in [2.75, 3.05) is 0 Å². The molecule has 0 radical (unpaired) electrons. The molecule has 0 heterocycles. The summed E-state index contributed by atoms with van der Waals surface area (Å²) in [6.45, 7) is 0.958. The summed E-state index contributed by atoms with van der Waals surface area (Å²) in [5.74, 6) is 0. The van der Waals surface area contributed by atoms with Crippen LogP contribution in [0.25, 0.3) is 0 Å². The van der Waals surface area contributed by atoms with Crippen molar-refractivity contribution >= 4 is 7.19 Å². The molecule has 4 heteroatoms. The molecule has 0 aliphatic heterocycles. The molecule has 0 aliphatic rings. The van der Waals surface area contributed by atoms with E-state index in [4.69, 9.17) is 0 Å². The number of hydrogen-bond acceptors (Lipinski definition) is 1. The van der Waals surface area contributed by atoms with Crippen LogP contribution in [0.3, 0.4) is 0 Å². The first-order valence-electron chi connectivity index (χ1n) is 1.19. The zero-order valence-electron chi connectivity index (χ0n) is 2.74. The fourth-order valence-electron chi connectivity index (χ4n) is 0. The van der Waals surface area contributed by atoms with Crippen LogP contribution in [-0.2, 0) is 4.86 Å². The van der Waals surface area contributed by atoms with Gasteiger partial charge >= 0.3 is 7.19 Å². The molecule has 30 valence electrons. The lowest BCUT2D eigenvalue weighted by Crippen LogP contribution is -1.95. The number of hydrogen-bond donors (Lipinski definition) is 0. The molecule has 0 saturated heterocycles. The van der Waals surface area contributed by atoms with E-state index in [0.717, 1.165) is 6.82 Å². The Bertz CT molecular complexity index is 23.6. The normalized spacial score (nSPS) is 7.80. The third-order valence-electron chi connectivity index (χ3n) is 0.123. The van der Waals surface area contributed by atoms with Crippen molar-refractivity contribution in [1.29, 1.82) is 0 Å². The van der Waals surface area contributed by atoms with Crippen LogP contribution in [0.1, 0.15) is 0 Å². The van der Waals surface area contributed by atoms with Crippen molar-refractivity contribution in [1.82, 2.24) is 0 Å². The second-order valence-electron chi connectivity index (χ2n) is 0.632. The van der Waals surface area contributed by atoms with Crippen LogP contribution in [0, 0.1) is 0 Å². The molecule has 0 aromatic rings. The first kappa shape index (κ1) is 4.88. The summed E-state index contributed by atoms with van der Waals surface area (Å²) in [5.41, 5.74) is 0. The van der Waals surface area contributed by atoms with Crippen LogP contribution in [0.5, 0.6) is 0 Å². The van der Waals surface area contributed by atoms with Gasteiger partial charge in [0.25, 0.3) is 0 Å². The van der Waals surface area contributed by atoms with E-state index >= 15 is 0 Å². The minimum absolute atomic E-state index is 0.958. The average molecular weight is 79.8 g/mol. The average Bonchev–Trinajstić information content (AvgIpc) is 1.38. The maximum absolute atomic E-state index is 10.8. The lowest BCUT2D eigenvalue weighted by atomic mass is 10.0. The maximum atomic E-state index is 10.8. The molecule has 0 aliphatic carbocycles. The van der Waals surface area contributed by atoms with Gasteiger partial charge in [-0.15, -0.1) is 0 Å². The summed E-state index contributed by atoms with van der Waals surface area (Å²) >= 11 is 0. The fraction of sp³-hybridized carbons (Fsp3) is 1.00. The molecule has 0 unspecified atom stereocenters. The Kier molecular flexibility index (Phi) is 2.09. The summed E-state index contributed by atoms with van der Waals surface area (Å²) in [5, 5.41) is 0. The van der Waals surface area contributed by atoms with Gasteiger partial charge in [-0.3, -0.25) is 4.32 Å². The first-order chi connectivity index (χ1) is 2.27. The van der Waals surface area contributed by atoms with E-state index in [9.17, 15) is 8.84 Å². The Balaban J connectivity index is 2.54. The Morgan fingerprint density at radius 3 is 2.00 bits per heavy atom. The molecule has 0 saturated carbocycles. The summed E-state index contributed by atoms with van der Waals surface area (Å²) < 4.78 is 21.1. The molecular formula is CH3BF2O. The monoisotopic (exact) mass is 80.0 g/mol. The summed E-state index contributed by atoms with van der Waals surface area (Å²) in [7, 11) is -1.78. The maximum Gasteiger partial charge on any atom is 0.533 e. The zero-order valence-corrected chi connectivity index (χ0v) is 2.74. The predicted molar refractivity (Wildman–Crippen MR) is 14.9 cm³/mol. The number of rotatable bonds is 1.